The highest BCUT2D eigenvalue weighted by molar-refractivity contribution is 6.06. The van der Waals surface area contributed by atoms with Gasteiger partial charge >= 0.3 is 6.03 Å². The molecule has 2 aromatic rings. The monoisotopic (exact) mass is 366 g/mol. The second-order valence-corrected chi connectivity index (χ2v) is 7.14. The van der Waals surface area contributed by atoms with Gasteiger partial charge in [-0.3, -0.25) is 19.6 Å². The first-order valence-corrected chi connectivity index (χ1v) is 9.02. The number of hydrogen-bond donors (Lipinski definition) is 0. The highest BCUT2D eigenvalue weighted by Crippen LogP contribution is 2.35. The molecule has 0 aliphatic carbocycles. The molecule has 8 heteroatoms. The molecule has 140 valence electrons. The maximum absolute atomic E-state index is 12.6. The molecule has 0 radical (unpaired) electrons. The molecule has 0 saturated carbocycles. The number of likely N-dealkylation sites (tertiary alicyclic amines) is 1. The number of urea groups is 1. The number of carbonyl (C=O) groups excluding carboxylic acids is 2. The van der Waals surface area contributed by atoms with Crippen LogP contribution in [0.2, 0.25) is 0 Å². The van der Waals surface area contributed by atoms with Crippen molar-refractivity contribution in [3.8, 4) is 11.5 Å². The van der Waals surface area contributed by atoms with Gasteiger partial charge in [0.1, 0.15) is 11.2 Å². The lowest BCUT2D eigenvalue weighted by Gasteiger charge is -2.40. The van der Waals surface area contributed by atoms with Crippen molar-refractivity contribution < 1.29 is 9.59 Å². The Labute approximate surface area is 157 Å². The van der Waals surface area contributed by atoms with Gasteiger partial charge in [-0.1, -0.05) is 6.07 Å². The van der Waals surface area contributed by atoms with Crippen LogP contribution in [0, 0.1) is 0 Å². The van der Waals surface area contributed by atoms with Crippen molar-refractivity contribution in [1.29, 1.82) is 0 Å². The topological polar surface area (TPSA) is 82.5 Å². The third-order valence-electron chi connectivity index (χ3n) is 5.61. The minimum absolute atomic E-state index is 0.0855. The number of hydrogen-bond acceptors (Lipinski definition) is 6. The van der Waals surface area contributed by atoms with Crippen molar-refractivity contribution in [3.63, 3.8) is 0 Å². The number of likely N-dealkylation sites (N-methyl/N-ethyl adjacent to an activating group) is 2. The Morgan fingerprint density at radius 3 is 2.30 bits per heavy atom. The summed E-state index contributed by atoms with van der Waals surface area (Å²) in [5.74, 6) is 0.523. The Hall–Kier alpha value is -2.87. The normalized spacial score (nSPS) is 19.9. The molecule has 2 aliphatic rings. The van der Waals surface area contributed by atoms with Crippen molar-refractivity contribution in [1.82, 2.24) is 29.7 Å². The molecular weight excluding hydrogens is 344 g/mol. The van der Waals surface area contributed by atoms with E-state index in [1.807, 2.05) is 30.6 Å². The molecule has 0 unspecified atom stereocenters. The van der Waals surface area contributed by atoms with Gasteiger partial charge in [-0.25, -0.2) is 14.8 Å². The molecule has 4 heterocycles. The fraction of sp³-hybridized carbons (Fsp3) is 0.421. The van der Waals surface area contributed by atoms with Crippen LogP contribution < -0.4 is 0 Å². The van der Waals surface area contributed by atoms with Crippen LogP contribution in [0.25, 0.3) is 11.5 Å². The maximum Gasteiger partial charge on any atom is 0.327 e. The number of carbonyl (C=O) groups is 2. The predicted octanol–water partition coefficient (Wildman–Crippen LogP) is 1.40. The van der Waals surface area contributed by atoms with Gasteiger partial charge in [0.25, 0.3) is 5.91 Å². The molecule has 4 rings (SSSR count). The molecule has 0 aromatic carbocycles. The fourth-order valence-electron chi connectivity index (χ4n) is 3.90. The van der Waals surface area contributed by atoms with Crippen LogP contribution in [0.15, 0.2) is 36.8 Å². The smallest absolute Gasteiger partial charge is 0.312 e. The predicted molar refractivity (Wildman–Crippen MR) is 98.4 cm³/mol. The van der Waals surface area contributed by atoms with Crippen molar-refractivity contribution >= 4 is 11.9 Å². The molecule has 2 fully saturated rings. The minimum Gasteiger partial charge on any atom is -0.312 e. The second-order valence-electron chi connectivity index (χ2n) is 7.14. The standard InChI is InChI=1S/C19H22N6O2/c1-23-17(26)19(24(2)18(23)27)6-9-25(10-7-19)13-14-11-21-16(22-12-14)15-5-3-4-8-20-15/h3-5,8,11-12H,6-7,9-10,13H2,1-2H3. The Bertz CT molecular complexity index is 846. The second kappa shape index (κ2) is 6.70. The van der Waals surface area contributed by atoms with E-state index < -0.39 is 5.54 Å². The van der Waals surface area contributed by atoms with Crippen LogP contribution in [-0.2, 0) is 11.3 Å². The minimum atomic E-state index is -0.679. The lowest BCUT2D eigenvalue weighted by molar-refractivity contribution is -0.134. The van der Waals surface area contributed by atoms with E-state index in [1.165, 1.54) is 4.90 Å². The van der Waals surface area contributed by atoms with Gasteiger partial charge in [-0.05, 0) is 25.0 Å². The average molecular weight is 366 g/mol. The van der Waals surface area contributed by atoms with Crippen molar-refractivity contribution in [2.45, 2.75) is 24.9 Å². The number of pyridine rings is 1. The molecule has 8 nitrogen and oxygen atoms in total. The van der Waals surface area contributed by atoms with E-state index in [0.717, 1.165) is 30.9 Å². The SMILES string of the molecule is CN1C(=O)N(C)C2(CCN(Cc3cnc(-c4ccccn4)nc3)CC2)C1=O. The summed E-state index contributed by atoms with van der Waals surface area (Å²) in [6, 6.07) is 5.44. The fourth-order valence-corrected chi connectivity index (χ4v) is 3.90. The van der Waals surface area contributed by atoms with Gasteiger partial charge in [0, 0.05) is 57.9 Å². The lowest BCUT2D eigenvalue weighted by Crippen LogP contribution is -2.55. The van der Waals surface area contributed by atoms with E-state index in [0.29, 0.717) is 18.7 Å². The van der Waals surface area contributed by atoms with E-state index in [1.54, 1.807) is 25.2 Å². The Balaban J connectivity index is 1.40. The van der Waals surface area contributed by atoms with Crippen LogP contribution in [0.3, 0.4) is 0 Å². The summed E-state index contributed by atoms with van der Waals surface area (Å²) < 4.78 is 0. The third-order valence-corrected chi connectivity index (χ3v) is 5.61. The van der Waals surface area contributed by atoms with E-state index in [2.05, 4.69) is 19.9 Å². The number of amides is 3. The van der Waals surface area contributed by atoms with Crippen molar-refractivity contribution in [2.24, 2.45) is 0 Å². The highest BCUT2D eigenvalue weighted by Gasteiger charge is 2.55. The largest absolute Gasteiger partial charge is 0.327 e. The summed E-state index contributed by atoms with van der Waals surface area (Å²) >= 11 is 0. The van der Waals surface area contributed by atoms with Crippen LogP contribution in [0.5, 0.6) is 0 Å². The Morgan fingerprint density at radius 2 is 1.74 bits per heavy atom. The molecule has 1 spiro atoms. The molecule has 3 amide bonds. The highest BCUT2D eigenvalue weighted by atomic mass is 16.2. The number of nitrogens with zero attached hydrogens (tertiary/aromatic N) is 6. The average Bonchev–Trinajstić information content (AvgIpc) is 2.87. The van der Waals surface area contributed by atoms with E-state index >= 15 is 0 Å². The van der Waals surface area contributed by atoms with E-state index in [4.69, 9.17) is 0 Å². The van der Waals surface area contributed by atoms with Gasteiger partial charge in [-0.2, -0.15) is 0 Å². The van der Waals surface area contributed by atoms with E-state index in [-0.39, 0.29) is 11.9 Å². The van der Waals surface area contributed by atoms with Gasteiger partial charge < -0.3 is 4.90 Å². The summed E-state index contributed by atoms with van der Waals surface area (Å²) in [6.07, 6.45) is 6.66. The van der Waals surface area contributed by atoms with Gasteiger partial charge in [0.05, 0.1) is 0 Å². The van der Waals surface area contributed by atoms with Gasteiger partial charge in [-0.15, -0.1) is 0 Å². The Kier molecular flexibility index (Phi) is 4.35. The first-order valence-electron chi connectivity index (χ1n) is 9.02. The summed E-state index contributed by atoms with van der Waals surface area (Å²) in [5.41, 5.74) is 1.09. The van der Waals surface area contributed by atoms with Crippen molar-refractivity contribution in [2.75, 3.05) is 27.2 Å². The number of rotatable bonds is 3. The maximum atomic E-state index is 12.6. The number of aromatic nitrogens is 3. The Morgan fingerprint density at radius 1 is 1.04 bits per heavy atom. The number of imide groups is 1. The van der Waals surface area contributed by atoms with Crippen LogP contribution in [0.4, 0.5) is 4.79 Å². The van der Waals surface area contributed by atoms with Crippen LogP contribution >= 0.6 is 0 Å². The first-order chi connectivity index (χ1) is 13.0. The zero-order valence-electron chi connectivity index (χ0n) is 15.5. The summed E-state index contributed by atoms with van der Waals surface area (Å²) in [7, 11) is 3.28. The summed E-state index contributed by atoms with van der Waals surface area (Å²) in [4.78, 5) is 42.9. The third kappa shape index (κ3) is 2.95. The van der Waals surface area contributed by atoms with Crippen LogP contribution in [-0.4, -0.2) is 74.3 Å². The molecule has 2 aromatic heterocycles. The molecule has 27 heavy (non-hydrogen) atoms. The van der Waals surface area contributed by atoms with Crippen LogP contribution in [0.1, 0.15) is 18.4 Å². The summed E-state index contributed by atoms with van der Waals surface area (Å²) in [6.45, 7) is 2.22. The van der Waals surface area contributed by atoms with Gasteiger partial charge in [0.2, 0.25) is 0 Å². The quantitative estimate of drug-likeness (QED) is 0.764. The molecule has 2 saturated heterocycles. The molecule has 0 N–H and O–H groups in total. The number of piperidine rings is 1. The van der Waals surface area contributed by atoms with Gasteiger partial charge in [0.15, 0.2) is 5.82 Å². The zero-order chi connectivity index (χ0) is 19.0. The lowest BCUT2D eigenvalue weighted by atomic mass is 9.86. The van der Waals surface area contributed by atoms with Crippen molar-refractivity contribution in [3.05, 3.63) is 42.4 Å². The molecule has 2 aliphatic heterocycles. The summed E-state index contributed by atoms with van der Waals surface area (Å²) in [5, 5.41) is 0. The van der Waals surface area contributed by atoms with E-state index in [9.17, 15) is 9.59 Å². The molecular formula is C19H22N6O2. The zero-order valence-corrected chi connectivity index (χ0v) is 15.5. The molecule has 0 bridgehead atoms. The first kappa shape index (κ1) is 17.5. The molecule has 0 atom stereocenters.